The molecule has 0 atom stereocenters. The number of carbonyl (C=O) groups is 1. The first kappa shape index (κ1) is 10.8. The zero-order chi connectivity index (χ0) is 11.7. The first-order valence-corrected chi connectivity index (χ1v) is 6.38. The van der Waals surface area contributed by atoms with Crippen LogP contribution in [0.5, 0.6) is 0 Å². The summed E-state index contributed by atoms with van der Waals surface area (Å²) in [6, 6.07) is 3.50. The maximum absolute atomic E-state index is 12.0. The number of hydrogen-bond acceptors (Lipinski definition) is 3. The summed E-state index contributed by atoms with van der Waals surface area (Å²) < 4.78 is 5.15. The number of amides is 1. The third-order valence-corrected chi connectivity index (χ3v) is 3.60. The number of nitrogens with zero attached hydrogens (tertiary/aromatic N) is 2. The summed E-state index contributed by atoms with van der Waals surface area (Å²) in [6.07, 6.45) is 4.34. The van der Waals surface area contributed by atoms with Gasteiger partial charge in [0.05, 0.1) is 6.26 Å². The van der Waals surface area contributed by atoms with Crippen molar-refractivity contribution < 1.29 is 9.21 Å². The molecule has 0 unspecified atom stereocenters. The molecule has 4 nitrogen and oxygen atoms in total. The predicted molar refractivity (Wildman–Crippen MR) is 63.8 cm³/mol. The van der Waals surface area contributed by atoms with Gasteiger partial charge in [-0.05, 0) is 30.9 Å². The molecule has 0 bridgehead atoms. The molecule has 17 heavy (non-hydrogen) atoms. The van der Waals surface area contributed by atoms with Crippen LogP contribution in [0.3, 0.4) is 0 Å². The monoisotopic (exact) mass is 234 g/mol. The number of hydrogen-bond donors (Lipinski definition) is 0. The summed E-state index contributed by atoms with van der Waals surface area (Å²) in [5.74, 6) is 1.42. The lowest BCUT2D eigenvalue weighted by molar-refractivity contribution is 0.0601. The Labute approximate surface area is 101 Å². The summed E-state index contributed by atoms with van der Waals surface area (Å²) in [6.45, 7) is 4.88. The molecule has 0 radical (unpaired) electrons. The van der Waals surface area contributed by atoms with Crippen molar-refractivity contribution in [1.82, 2.24) is 9.80 Å². The highest BCUT2D eigenvalue weighted by Crippen LogP contribution is 2.29. The quantitative estimate of drug-likeness (QED) is 0.794. The lowest BCUT2D eigenvalue weighted by Crippen LogP contribution is -2.49. The molecule has 1 aliphatic heterocycles. The Morgan fingerprint density at radius 3 is 2.65 bits per heavy atom. The molecule has 0 spiro atoms. The van der Waals surface area contributed by atoms with E-state index in [1.807, 2.05) is 4.90 Å². The normalized spacial score (nSPS) is 21.8. The Kier molecular flexibility index (Phi) is 2.89. The van der Waals surface area contributed by atoms with Crippen molar-refractivity contribution in [2.45, 2.75) is 12.8 Å². The maximum atomic E-state index is 12.0. The minimum atomic E-state index is 0.0288. The van der Waals surface area contributed by atoms with Crippen LogP contribution in [0, 0.1) is 5.92 Å². The summed E-state index contributed by atoms with van der Waals surface area (Å²) in [5, 5.41) is 0. The topological polar surface area (TPSA) is 36.7 Å². The van der Waals surface area contributed by atoms with Gasteiger partial charge in [0.2, 0.25) is 0 Å². The molecule has 1 aromatic heterocycles. The van der Waals surface area contributed by atoms with Gasteiger partial charge < -0.3 is 9.32 Å². The van der Waals surface area contributed by atoms with Gasteiger partial charge in [0.25, 0.3) is 5.91 Å². The van der Waals surface area contributed by atoms with E-state index in [-0.39, 0.29) is 5.91 Å². The Bertz CT molecular complexity index is 376. The molecule has 0 N–H and O–H groups in total. The van der Waals surface area contributed by atoms with E-state index >= 15 is 0 Å². The second-order valence-electron chi connectivity index (χ2n) is 5.01. The van der Waals surface area contributed by atoms with Crippen molar-refractivity contribution in [2.24, 2.45) is 5.92 Å². The van der Waals surface area contributed by atoms with E-state index in [4.69, 9.17) is 4.42 Å². The number of rotatable bonds is 3. The molecule has 1 aliphatic carbocycles. The molecule has 1 saturated heterocycles. The zero-order valence-electron chi connectivity index (χ0n) is 9.97. The molecular weight excluding hydrogens is 216 g/mol. The highest BCUT2D eigenvalue weighted by atomic mass is 16.3. The van der Waals surface area contributed by atoms with Crippen LogP contribution in [-0.4, -0.2) is 48.4 Å². The SMILES string of the molecule is O=C(c1ccco1)N1CCN(CC2CC2)CC1. The second kappa shape index (κ2) is 4.53. The summed E-state index contributed by atoms with van der Waals surface area (Å²) >= 11 is 0. The molecule has 1 aromatic rings. The highest BCUT2D eigenvalue weighted by Gasteiger charge is 2.28. The predicted octanol–water partition coefficient (Wildman–Crippen LogP) is 1.45. The van der Waals surface area contributed by atoms with Crippen LogP contribution in [0.25, 0.3) is 0 Å². The van der Waals surface area contributed by atoms with Crippen LogP contribution in [-0.2, 0) is 0 Å². The second-order valence-corrected chi connectivity index (χ2v) is 5.01. The van der Waals surface area contributed by atoms with Crippen LogP contribution in [0.15, 0.2) is 22.8 Å². The molecule has 92 valence electrons. The zero-order valence-corrected chi connectivity index (χ0v) is 9.97. The van der Waals surface area contributed by atoms with E-state index in [1.54, 1.807) is 18.4 Å². The van der Waals surface area contributed by atoms with Crippen molar-refractivity contribution in [3.8, 4) is 0 Å². The van der Waals surface area contributed by atoms with Crippen LogP contribution in [0.1, 0.15) is 23.4 Å². The Morgan fingerprint density at radius 2 is 2.06 bits per heavy atom. The Balaban J connectivity index is 1.52. The molecule has 2 aliphatic rings. The van der Waals surface area contributed by atoms with Crippen molar-refractivity contribution in [2.75, 3.05) is 32.7 Å². The van der Waals surface area contributed by atoms with Crippen molar-refractivity contribution in [1.29, 1.82) is 0 Å². The molecule has 2 heterocycles. The minimum absolute atomic E-state index is 0.0288. The lowest BCUT2D eigenvalue weighted by atomic mass is 10.2. The van der Waals surface area contributed by atoms with E-state index in [2.05, 4.69) is 4.90 Å². The number of piperazine rings is 1. The van der Waals surface area contributed by atoms with Gasteiger partial charge in [-0.1, -0.05) is 0 Å². The van der Waals surface area contributed by atoms with Crippen LogP contribution in [0.4, 0.5) is 0 Å². The smallest absolute Gasteiger partial charge is 0.289 e. The fourth-order valence-corrected chi connectivity index (χ4v) is 2.36. The van der Waals surface area contributed by atoms with E-state index in [0.29, 0.717) is 5.76 Å². The van der Waals surface area contributed by atoms with Gasteiger partial charge in [-0.15, -0.1) is 0 Å². The summed E-state index contributed by atoms with van der Waals surface area (Å²) in [4.78, 5) is 16.4. The third-order valence-electron chi connectivity index (χ3n) is 3.60. The van der Waals surface area contributed by atoms with E-state index in [9.17, 15) is 4.79 Å². The first-order chi connectivity index (χ1) is 8.33. The average molecular weight is 234 g/mol. The Hall–Kier alpha value is -1.29. The van der Waals surface area contributed by atoms with E-state index in [0.717, 1.165) is 32.1 Å². The number of carbonyl (C=O) groups excluding carboxylic acids is 1. The largest absolute Gasteiger partial charge is 0.459 e. The number of furan rings is 1. The molecule has 0 aromatic carbocycles. The van der Waals surface area contributed by atoms with Gasteiger partial charge in [0.15, 0.2) is 5.76 Å². The van der Waals surface area contributed by atoms with Crippen molar-refractivity contribution in [3.05, 3.63) is 24.2 Å². The maximum Gasteiger partial charge on any atom is 0.289 e. The first-order valence-electron chi connectivity index (χ1n) is 6.38. The van der Waals surface area contributed by atoms with Crippen molar-refractivity contribution >= 4 is 5.91 Å². The van der Waals surface area contributed by atoms with Gasteiger partial charge in [0, 0.05) is 32.7 Å². The molecule has 1 saturated carbocycles. The third kappa shape index (κ3) is 2.52. The van der Waals surface area contributed by atoms with Gasteiger partial charge in [0.1, 0.15) is 0 Å². The van der Waals surface area contributed by atoms with Gasteiger partial charge in [-0.2, -0.15) is 0 Å². The Morgan fingerprint density at radius 1 is 1.29 bits per heavy atom. The summed E-state index contributed by atoms with van der Waals surface area (Å²) in [7, 11) is 0. The molecule has 2 fully saturated rings. The fraction of sp³-hybridized carbons (Fsp3) is 0.615. The van der Waals surface area contributed by atoms with Crippen molar-refractivity contribution in [3.63, 3.8) is 0 Å². The fourth-order valence-electron chi connectivity index (χ4n) is 2.36. The van der Waals surface area contributed by atoms with Crippen LogP contribution in [0.2, 0.25) is 0 Å². The van der Waals surface area contributed by atoms with Gasteiger partial charge >= 0.3 is 0 Å². The highest BCUT2D eigenvalue weighted by molar-refractivity contribution is 5.91. The van der Waals surface area contributed by atoms with Crippen LogP contribution >= 0.6 is 0 Å². The van der Waals surface area contributed by atoms with E-state index in [1.165, 1.54) is 19.4 Å². The van der Waals surface area contributed by atoms with E-state index < -0.39 is 0 Å². The lowest BCUT2D eigenvalue weighted by Gasteiger charge is -2.34. The van der Waals surface area contributed by atoms with Gasteiger partial charge in [-0.25, -0.2) is 0 Å². The minimum Gasteiger partial charge on any atom is -0.459 e. The average Bonchev–Trinajstić information content (AvgIpc) is 3.00. The molecular formula is C13H18N2O2. The summed E-state index contributed by atoms with van der Waals surface area (Å²) in [5.41, 5.74) is 0. The molecule has 4 heteroatoms. The van der Waals surface area contributed by atoms with Crippen LogP contribution < -0.4 is 0 Å². The molecule has 1 amide bonds. The molecule has 3 rings (SSSR count). The van der Waals surface area contributed by atoms with Gasteiger partial charge in [-0.3, -0.25) is 9.69 Å². The standard InChI is InChI=1S/C13H18N2O2/c16-13(12-2-1-9-17-12)15-7-5-14(6-8-15)10-11-3-4-11/h1-2,9,11H,3-8,10H2.